The molecule has 0 aromatic heterocycles. The van der Waals surface area contributed by atoms with E-state index in [2.05, 4.69) is 34.6 Å². The molecule has 0 saturated heterocycles. The zero-order valence-corrected chi connectivity index (χ0v) is 14.9. The highest BCUT2D eigenvalue weighted by Crippen LogP contribution is 2.18. The Morgan fingerprint density at radius 2 is 1.78 bits per heavy atom. The second-order valence-corrected chi connectivity index (χ2v) is 6.37. The molecular formula is C18H29N3O2. The first-order valence-electron chi connectivity index (χ1n) is 8.12. The first kappa shape index (κ1) is 19.0. The van der Waals surface area contributed by atoms with Crippen molar-refractivity contribution in [3.8, 4) is 0 Å². The van der Waals surface area contributed by atoms with Crippen LogP contribution in [-0.2, 0) is 16.1 Å². The van der Waals surface area contributed by atoms with E-state index in [0.29, 0.717) is 25.8 Å². The molecule has 1 aromatic carbocycles. The SMILES string of the molecule is Cc1cc(CNC(=O)CCCC(=O)NC(C)C)ccc1N(C)C. The van der Waals surface area contributed by atoms with Crippen molar-refractivity contribution in [2.45, 2.75) is 52.6 Å². The summed E-state index contributed by atoms with van der Waals surface area (Å²) >= 11 is 0. The standard InChI is InChI=1S/C18H29N3O2/c1-13(2)20-18(23)8-6-7-17(22)19-12-15-9-10-16(21(4)5)14(3)11-15/h9-11,13H,6-8,12H2,1-5H3,(H,19,22)(H,20,23). The normalized spacial score (nSPS) is 10.5. The zero-order valence-electron chi connectivity index (χ0n) is 14.9. The minimum absolute atomic E-state index is 0.00250. The smallest absolute Gasteiger partial charge is 0.220 e. The van der Waals surface area contributed by atoms with E-state index < -0.39 is 0 Å². The minimum Gasteiger partial charge on any atom is -0.377 e. The number of rotatable bonds is 8. The number of anilines is 1. The van der Waals surface area contributed by atoms with Crippen molar-refractivity contribution in [3.05, 3.63) is 29.3 Å². The second-order valence-electron chi connectivity index (χ2n) is 6.37. The third-order valence-corrected chi connectivity index (χ3v) is 3.49. The quantitative estimate of drug-likeness (QED) is 0.773. The molecule has 0 atom stereocenters. The number of nitrogens with zero attached hydrogens (tertiary/aromatic N) is 1. The lowest BCUT2D eigenvalue weighted by atomic mass is 10.1. The third kappa shape index (κ3) is 7.17. The Hall–Kier alpha value is -2.04. The van der Waals surface area contributed by atoms with Gasteiger partial charge < -0.3 is 15.5 Å². The molecule has 2 N–H and O–H groups in total. The van der Waals surface area contributed by atoms with Crippen LogP contribution in [0.2, 0.25) is 0 Å². The van der Waals surface area contributed by atoms with Crippen molar-refractivity contribution in [2.75, 3.05) is 19.0 Å². The van der Waals surface area contributed by atoms with Gasteiger partial charge in [0, 0.05) is 45.2 Å². The second kappa shape index (κ2) is 9.18. The summed E-state index contributed by atoms with van der Waals surface area (Å²) in [4.78, 5) is 25.4. The molecule has 128 valence electrons. The van der Waals surface area contributed by atoms with Gasteiger partial charge in [-0.05, 0) is 44.4 Å². The maximum Gasteiger partial charge on any atom is 0.220 e. The number of benzene rings is 1. The van der Waals surface area contributed by atoms with Crippen LogP contribution in [0, 0.1) is 6.92 Å². The molecule has 0 heterocycles. The van der Waals surface area contributed by atoms with Crippen LogP contribution in [0.3, 0.4) is 0 Å². The first-order valence-corrected chi connectivity index (χ1v) is 8.12. The first-order chi connectivity index (χ1) is 10.8. The summed E-state index contributed by atoms with van der Waals surface area (Å²) in [7, 11) is 4.03. The predicted octanol–water partition coefficient (Wildman–Crippen LogP) is 2.37. The fourth-order valence-corrected chi connectivity index (χ4v) is 2.42. The molecule has 5 nitrogen and oxygen atoms in total. The molecule has 23 heavy (non-hydrogen) atoms. The van der Waals surface area contributed by atoms with Crippen molar-refractivity contribution in [1.29, 1.82) is 0 Å². The number of carbonyl (C=O) groups is 2. The molecule has 0 saturated carbocycles. The number of hydrogen-bond acceptors (Lipinski definition) is 3. The Labute approximate surface area is 139 Å². The number of carbonyl (C=O) groups excluding carboxylic acids is 2. The maximum absolute atomic E-state index is 11.8. The summed E-state index contributed by atoms with van der Waals surface area (Å²) in [5.41, 5.74) is 3.45. The molecule has 5 heteroatoms. The van der Waals surface area contributed by atoms with Gasteiger partial charge in [0.2, 0.25) is 11.8 Å². The molecule has 0 aliphatic rings. The van der Waals surface area contributed by atoms with Gasteiger partial charge in [0.1, 0.15) is 0 Å². The highest BCUT2D eigenvalue weighted by Gasteiger charge is 2.07. The van der Waals surface area contributed by atoms with Gasteiger partial charge >= 0.3 is 0 Å². The van der Waals surface area contributed by atoms with E-state index in [9.17, 15) is 9.59 Å². The van der Waals surface area contributed by atoms with Crippen molar-refractivity contribution in [1.82, 2.24) is 10.6 Å². The van der Waals surface area contributed by atoms with Gasteiger partial charge in [-0.1, -0.05) is 12.1 Å². The zero-order chi connectivity index (χ0) is 17.4. The lowest BCUT2D eigenvalue weighted by molar-refractivity contribution is -0.122. The van der Waals surface area contributed by atoms with Gasteiger partial charge in [-0.2, -0.15) is 0 Å². The lowest BCUT2D eigenvalue weighted by Crippen LogP contribution is -2.30. The van der Waals surface area contributed by atoms with E-state index in [1.54, 1.807) is 0 Å². The van der Waals surface area contributed by atoms with Crippen LogP contribution in [0.25, 0.3) is 0 Å². The summed E-state index contributed by atoms with van der Waals surface area (Å²) in [6, 6.07) is 6.32. The molecule has 0 aliphatic carbocycles. The van der Waals surface area contributed by atoms with Gasteiger partial charge in [-0.25, -0.2) is 0 Å². The number of aryl methyl sites for hydroxylation is 1. The maximum atomic E-state index is 11.8. The van der Waals surface area contributed by atoms with Gasteiger partial charge in [-0.3, -0.25) is 9.59 Å². The van der Waals surface area contributed by atoms with Crippen molar-refractivity contribution in [3.63, 3.8) is 0 Å². The Bertz CT molecular complexity index is 539. The number of hydrogen-bond donors (Lipinski definition) is 2. The van der Waals surface area contributed by atoms with Crippen molar-refractivity contribution in [2.24, 2.45) is 0 Å². The molecule has 0 radical (unpaired) electrons. The van der Waals surface area contributed by atoms with E-state index in [-0.39, 0.29) is 17.9 Å². The Kier molecular flexibility index (Phi) is 7.59. The van der Waals surface area contributed by atoms with E-state index >= 15 is 0 Å². The average Bonchev–Trinajstić information content (AvgIpc) is 2.44. The molecular weight excluding hydrogens is 290 g/mol. The fraction of sp³-hybridized carbons (Fsp3) is 0.556. The summed E-state index contributed by atoms with van der Waals surface area (Å²) in [5, 5.41) is 5.73. The Morgan fingerprint density at radius 1 is 1.13 bits per heavy atom. The predicted molar refractivity (Wildman–Crippen MR) is 94.5 cm³/mol. The molecule has 0 aliphatic heterocycles. The van der Waals surface area contributed by atoms with Gasteiger partial charge in [0.15, 0.2) is 0 Å². The van der Waals surface area contributed by atoms with E-state index in [1.165, 1.54) is 11.3 Å². The fourth-order valence-electron chi connectivity index (χ4n) is 2.42. The van der Waals surface area contributed by atoms with E-state index in [0.717, 1.165) is 5.56 Å². The van der Waals surface area contributed by atoms with Gasteiger partial charge in [0.25, 0.3) is 0 Å². The largest absolute Gasteiger partial charge is 0.377 e. The molecule has 2 amide bonds. The third-order valence-electron chi connectivity index (χ3n) is 3.49. The highest BCUT2D eigenvalue weighted by molar-refractivity contribution is 5.79. The topological polar surface area (TPSA) is 61.4 Å². The van der Waals surface area contributed by atoms with Crippen molar-refractivity contribution < 1.29 is 9.59 Å². The Morgan fingerprint density at radius 3 is 2.35 bits per heavy atom. The summed E-state index contributed by atoms with van der Waals surface area (Å²) in [6.45, 7) is 6.43. The highest BCUT2D eigenvalue weighted by atomic mass is 16.2. The molecule has 0 unspecified atom stereocenters. The van der Waals surface area contributed by atoms with Crippen LogP contribution in [0.15, 0.2) is 18.2 Å². The summed E-state index contributed by atoms with van der Waals surface area (Å²) in [6.07, 6.45) is 1.34. The summed E-state index contributed by atoms with van der Waals surface area (Å²) < 4.78 is 0. The number of amides is 2. The molecule has 1 aromatic rings. The minimum atomic E-state index is -0.0170. The molecule has 1 rings (SSSR count). The van der Waals surface area contributed by atoms with Gasteiger partial charge in [0.05, 0.1) is 0 Å². The van der Waals surface area contributed by atoms with Crippen LogP contribution >= 0.6 is 0 Å². The van der Waals surface area contributed by atoms with Crippen LogP contribution in [0.1, 0.15) is 44.2 Å². The Balaban J connectivity index is 2.33. The monoisotopic (exact) mass is 319 g/mol. The lowest BCUT2D eigenvalue weighted by Gasteiger charge is -2.16. The van der Waals surface area contributed by atoms with E-state index in [4.69, 9.17) is 0 Å². The van der Waals surface area contributed by atoms with Crippen LogP contribution in [0.5, 0.6) is 0 Å². The van der Waals surface area contributed by atoms with Crippen LogP contribution in [-0.4, -0.2) is 32.0 Å². The summed E-state index contributed by atoms with van der Waals surface area (Å²) in [5.74, 6) is -0.0145. The van der Waals surface area contributed by atoms with Gasteiger partial charge in [-0.15, -0.1) is 0 Å². The molecule has 0 fully saturated rings. The molecule has 0 spiro atoms. The average molecular weight is 319 g/mol. The molecule has 0 bridgehead atoms. The van der Waals surface area contributed by atoms with Crippen LogP contribution < -0.4 is 15.5 Å². The number of nitrogens with one attached hydrogen (secondary N) is 2. The van der Waals surface area contributed by atoms with Crippen LogP contribution in [0.4, 0.5) is 5.69 Å². The van der Waals surface area contributed by atoms with E-state index in [1.807, 2.05) is 34.0 Å². The van der Waals surface area contributed by atoms with Crippen molar-refractivity contribution >= 4 is 17.5 Å².